The van der Waals surface area contributed by atoms with Crippen molar-refractivity contribution in [3.8, 4) is 0 Å². The first-order valence-corrected chi connectivity index (χ1v) is 8.38. The second-order valence-corrected chi connectivity index (χ2v) is 7.01. The van der Waals surface area contributed by atoms with Gasteiger partial charge in [-0.3, -0.25) is 5.43 Å². The number of rotatable bonds is 4. The molecule has 0 aliphatic heterocycles. The molecule has 0 spiro atoms. The SMILES string of the molecule is Cc1cc(C)c(S(=O)(=O)NNc2ccc(C(F)(F)F)cn2)c(C)c1. The number of halogens is 3. The zero-order valence-electron chi connectivity index (χ0n) is 13.2. The van der Waals surface area contributed by atoms with Crippen LogP contribution in [0.1, 0.15) is 22.3 Å². The Balaban J connectivity index is 2.19. The number of hydrogen-bond donors (Lipinski definition) is 2. The molecule has 0 aliphatic carbocycles. The zero-order valence-corrected chi connectivity index (χ0v) is 14.0. The minimum absolute atomic E-state index is 0.0472. The third-order valence-corrected chi connectivity index (χ3v) is 4.83. The van der Waals surface area contributed by atoms with Crippen molar-refractivity contribution in [1.29, 1.82) is 0 Å². The van der Waals surface area contributed by atoms with E-state index in [0.717, 1.165) is 17.7 Å². The Morgan fingerprint density at radius 1 is 1.04 bits per heavy atom. The Kier molecular flexibility index (Phi) is 4.86. The van der Waals surface area contributed by atoms with E-state index in [-0.39, 0.29) is 10.7 Å². The number of anilines is 1. The van der Waals surface area contributed by atoms with Crippen LogP contribution in [0.4, 0.5) is 19.0 Å². The van der Waals surface area contributed by atoms with Crippen molar-refractivity contribution in [2.75, 3.05) is 5.43 Å². The van der Waals surface area contributed by atoms with Gasteiger partial charge in [-0.1, -0.05) is 17.7 Å². The Morgan fingerprint density at radius 3 is 2.08 bits per heavy atom. The molecule has 0 aliphatic rings. The Bertz CT molecular complexity index is 824. The van der Waals surface area contributed by atoms with E-state index >= 15 is 0 Å². The van der Waals surface area contributed by atoms with Crippen molar-refractivity contribution >= 4 is 15.8 Å². The predicted octanol–water partition coefficient (Wildman–Crippen LogP) is 3.33. The van der Waals surface area contributed by atoms with Gasteiger partial charge in [0.05, 0.1) is 10.5 Å². The Labute approximate surface area is 137 Å². The number of alkyl halides is 3. The van der Waals surface area contributed by atoms with Crippen LogP contribution in [0, 0.1) is 20.8 Å². The number of aryl methyl sites for hydroxylation is 3. The van der Waals surface area contributed by atoms with Gasteiger partial charge in [-0.05, 0) is 44.0 Å². The molecule has 5 nitrogen and oxygen atoms in total. The van der Waals surface area contributed by atoms with E-state index in [1.54, 1.807) is 26.0 Å². The monoisotopic (exact) mass is 359 g/mol. The summed E-state index contributed by atoms with van der Waals surface area (Å²) < 4.78 is 62.2. The molecule has 1 aromatic carbocycles. The third-order valence-electron chi connectivity index (χ3n) is 3.28. The molecule has 2 aromatic rings. The molecule has 0 fully saturated rings. The van der Waals surface area contributed by atoms with Crippen LogP contribution < -0.4 is 10.3 Å². The quantitative estimate of drug-likeness (QED) is 0.822. The van der Waals surface area contributed by atoms with Crippen LogP contribution in [0.3, 0.4) is 0 Å². The minimum atomic E-state index is -4.50. The maximum absolute atomic E-state index is 12.5. The van der Waals surface area contributed by atoms with E-state index in [0.29, 0.717) is 17.3 Å². The summed E-state index contributed by atoms with van der Waals surface area (Å²) in [7, 11) is -3.90. The Morgan fingerprint density at radius 2 is 1.62 bits per heavy atom. The number of sulfonamides is 1. The summed E-state index contributed by atoms with van der Waals surface area (Å²) in [6.45, 7) is 5.20. The van der Waals surface area contributed by atoms with Gasteiger partial charge in [0.2, 0.25) is 0 Å². The number of aromatic nitrogens is 1. The third kappa shape index (κ3) is 4.04. The highest BCUT2D eigenvalue weighted by molar-refractivity contribution is 7.89. The number of benzene rings is 1. The highest BCUT2D eigenvalue weighted by Gasteiger charge is 2.30. The van der Waals surface area contributed by atoms with Crippen molar-refractivity contribution < 1.29 is 21.6 Å². The summed E-state index contributed by atoms with van der Waals surface area (Å²) >= 11 is 0. The van der Waals surface area contributed by atoms with Crippen LogP contribution in [0.2, 0.25) is 0 Å². The normalized spacial score (nSPS) is 12.2. The summed E-state index contributed by atoms with van der Waals surface area (Å²) in [4.78, 5) is 5.79. The second-order valence-electron chi connectivity index (χ2n) is 5.39. The van der Waals surface area contributed by atoms with Gasteiger partial charge in [-0.25, -0.2) is 13.4 Å². The summed E-state index contributed by atoms with van der Waals surface area (Å²) in [5.74, 6) is -0.0472. The van der Waals surface area contributed by atoms with Crippen LogP contribution in [0.15, 0.2) is 35.4 Å². The number of hydrogen-bond acceptors (Lipinski definition) is 4. The molecule has 0 amide bonds. The van der Waals surface area contributed by atoms with Crippen molar-refractivity contribution in [3.05, 3.63) is 52.7 Å². The van der Waals surface area contributed by atoms with Gasteiger partial charge in [0, 0.05) is 6.20 Å². The molecule has 2 N–H and O–H groups in total. The topological polar surface area (TPSA) is 71.1 Å². The standard InChI is InChI=1S/C15H16F3N3O2S/c1-9-6-10(2)14(11(3)7-9)24(22,23)21-20-13-5-4-12(8-19-13)15(16,17)18/h4-8,21H,1-3H3,(H,19,20). The van der Waals surface area contributed by atoms with Gasteiger partial charge in [-0.2, -0.15) is 13.2 Å². The summed E-state index contributed by atoms with van der Waals surface area (Å²) in [6, 6.07) is 5.32. The lowest BCUT2D eigenvalue weighted by Crippen LogP contribution is -2.31. The van der Waals surface area contributed by atoms with Crippen LogP contribution in [0.25, 0.3) is 0 Å². The lowest BCUT2D eigenvalue weighted by atomic mass is 10.1. The molecule has 0 saturated heterocycles. The molecule has 1 heterocycles. The second kappa shape index (κ2) is 6.40. The smallest absolute Gasteiger partial charge is 0.292 e. The first-order valence-electron chi connectivity index (χ1n) is 6.89. The fourth-order valence-electron chi connectivity index (χ4n) is 2.40. The number of hydrazine groups is 1. The van der Waals surface area contributed by atoms with Crippen LogP contribution >= 0.6 is 0 Å². The van der Waals surface area contributed by atoms with E-state index < -0.39 is 21.8 Å². The van der Waals surface area contributed by atoms with Crippen molar-refractivity contribution in [3.63, 3.8) is 0 Å². The Hall–Kier alpha value is -2.13. The molecule has 24 heavy (non-hydrogen) atoms. The lowest BCUT2D eigenvalue weighted by Gasteiger charge is -2.14. The average Bonchev–Trinajstić information content (AvgIpc) is 2.43. The molecular weight excluding hydrogens is 343 g/mol. The zero-order chi connectivity index (χ0) is 18.1. The van der Waals surface area contributed by atoms with Crippen molar-refractivity contribution in [2.45, 2.75) is 31.8 Å². The van der Waals surface area contributed by atoms with E-state index in [9.17, 15) is 21.6 Å². The highest BCUT2D eigenvalue weighted by Crippen LogP contribution is 2.28. The maximum atomic E-state index is 12.5. The van der Waals surface area contributed by atoms with Gasteiger partial charge in [0.15, 0.2) is 0 Å². The fraction of sp³-hybridized carbons (Fsp3) is 0.267. The number of pyridine rings is 1. The van der Waals surface area contributed by atoms with Gasteiger partial charge < -0.3 is 0 Å². The highest BCUT2D eigenvalue weighted by atomic mass is 32.2. The first-order chi connectivity index (χ1) is 11.0. The van der Waals surface area contributed by atoms with Crippen molar-refractivity contribution in [1.82, 2.24) is 9.82 Å². The molecule has 2 rings (SSSR count). The van der Waals surface area contributed by atoms with E-state index in [1.165, 1.54) is 0 Å². The molecule has 0 saturated carbocycles. The lowest BCUT2D eigenvalue weighted by molar-refractivity contribution is -0.137. The molecule has 130 valence electrons. The summed E-state index contributed by atoms with van der Waals surface area (Å²) in [5, 5.41) is 0. The fourth-order valence-corrected chi connectivity index (χ4v) is 3.70. The number of nitrogens with zero attached hydrogens (tertiary/aromatic N) is 1. The first kappa shape index (κ1) is 18.2. The molecule has 1 aromatic heterocycles. The van der Waals surface area contributed by atoms with Crippen LogP contribution in [-0.4, -0.2) is 13.4 Å². The predicted molar refractivity (Wildman–Crippen MR) is 83.8 cm³/mol. The minimum Gasteiger partial charge on any atom is -0.292 e. The van der Waals surface area contributed by atoms with Crippen molar-refractivity contribution in [2.24, 2.45) is 0 Å². The molecule has 0 unspecified atom stereocenters. The van der Waals surface area contributed by atoms with Gasteiger partial charge in [-0.15, -0.1) is 4.83 Å². The average molecular weight is 359 g/mol. The summed E-state index contributed by atoms with van der Waals surface area (Å²) in [5.41, 5.74) is 3.47. The maximum Gasteiger partial charge on any atom is 0.417 e. The van der Waals surface area contributed by atoms with E-state index in [4.69, 9.17) is 0 Å². The van der Waals surface area contributed by atoms with Crippen LogP contribution in [0.5, 0.6) is 0 Å². The van der Waals surface area contributed by atoms with Gasteiger partial charge >= 0.3 is 6.18 Å². The van der Waals surface area contributed by atoms with Gasteiger partial charge in [0.25, 0.3) is 10.0 Å². The van der Waals surface area contributed by atoms with E-state index in [1.807, 2.05) is 6.92 Å². The largest absolute Gasteiger partial charge is 0.417 e. The molecule has 0 radical (unpaired) electrons. The molecule has 0 atom stereocenters. The molecule has 9 heteroatoms. The van der Waals surface area contributed by atoms with E-state index in [2.05, 4.69) is 15.2 Å². The summed E-state index contributed by atoms with van der Waals surface area (Å²) in [6.07, 6.45) is -3.87. The van der Waals surface area contributed by atoms with Crippen LogP contribution in [-0.2, 0) is 16.2 Å². The number of nitrogens with one attached hydrogen (secondary N) is 2. The molecule has 0 bridgehead atoms. The molecular formula is C15H16F3N3O2S. The van der Waals surface area contributed by atoms with Gasteiger partial charge in [0.1, 0.15) is 5.82 Å².